The van der Waals surface area contributed by atoms with Gasteiger partial charge >= 0.3 is 0 Å². The maximum absolute atomic E-state index is 12.1. The number of sulfonamides is 1. The highest BCUT2D eigenvalue weighted by atomic mass is 35.5. The second kappa shape index (κ2) is 5.81. The number of hydrogen-bond acceptors (Lipinski definition) is 3. The van der Waals surface area contributed by atoms with Crippen LogP contribution in [0, 0.1) is 12.8 Å². The minimum atomic E-state index is -3.50. The Balaban J connectivity index is 1.98. The summed E-state index contributed by atoms with van der Waals surface area (Å²) >= 11 is 6.11. The van der Waals surface area contributed by atoms with E-state index in [1.54, 1.807) is 18.5 Å². The van der Waals surface area contributed by atoms with Crippen LogP contribution in [0.15, 0.2) is 11.2 Å². The van der Waals surface area contributed by atoms with E-state index in [-0.39, 0.29) is 10.4 Å². The SMILES string of the molecule is Cc1nc(S(=O)(=O)NCC2CCCC(Cl)C2)cn1C. The molecule has 1 aromatic heterocycles. The molecular formula is C12H20ClN3O2S. The molecule has 19 heavy (non-hydrogen) atoms. The largest absolute Gasteiger partial charge is 0.337 e. The van der Waals surface area contributed by atoms with Gasteiger partial charge in [-0.1, -0.05) is 6.42 Å². The molecule has 0 aliphatic heterocycles. The highest BCUT2D eigenvalue weighted by molar-refractivity contribution is 7.89. The lowest BCUT2D eigenvalue weighted by molar-refractivity contribution is 0.361. The van der Waals surface area contributed by atoms with Crippen molar-refractivity contribution in [1.29, 1.82) is 0 Å². The molecule has 0 amide bonds. The van der Waals surface area contributed by atoms with Gasteiger partial charge in [-0.25, -0.2) is 18.1 Å². The van der Waals surface area contributed by atoms with Crippen molar-refractivity contribution in [2.24, 2.45) is 13.0 Å². The van der Waals surface area contributed by atoms with Gasteiger partial charge in [-0.2, -0.15) is 0 Å². The van der Waals surface area contributed by atoms with Gasteiger partial charge < -0.3 is 4.57 Å². The van der Waals surface area contributed by atoms with Gasteiger partial charge in [0.2, 0.25) is 0 Å². The van der Waals surface area contributed by atoms with Gasteiger partial charge in [-0.05, 0) is 32.1 Å². The molecule has 5 nitrogen and oxygen atoms in total. The average Bonchev–Trinajstić information content (AvgIpc) is 2.68. The average molecular weight is 306 g/mol. The van der Waals surface area contributed by atoms with E-state index in [0.29, 0.717) is 18.3 Å². The number of nitrogens with zero attached hydrogens (tertiary/aromatic N) is 2. The van der Waals surface area contributed by atoms with Gasteiger partial charge in [0.25, 0.3) is 10.0 Å². The third kappa shape index (κ3) is 3.70. The van der Waals surface area contributed by atoms with Crippen LogP contribution in [0.25, 0.3) is 0 Å². The molecule has 108 valence electrons. The molecule has 7 heteroatoms. The summed E-state index contributed by atoms with van der Waals surface area (Å²) in [5.74, 6) is 1.01. The van der Waals surface area contributed by atoms with E-state index in [4.69, 9.17) is 11.6 Å². The van der Waals surface area contributed by atoms with Gasteiger partial charge in [-0.3, -0.25) is 0 Å². The van der Waals surface area contributed by atoms with E-state index in [0.717, 1.165) is 25.7 Å². The first-order valence-corrected chi connectivity index (χ1v) is 8.44. The Bertz CT molecular complexity index is 522. The van der Waals surface area contributed by atoms with Crippen molar-refractivity contribution in [1.82, 2.24) is 14.3 Å². The molecule has 0 aromatic carbocycles. The summed E-state index contributed by atoms with van der Waals surface area (Å²) in [5.41, 5.74) is 0. The molecule has 1 aromatic rings. The monoisotopic (exact) mass is 305 g/mol. The third-order valence-corrected chi connectivity index (χ3v) is 5.33. The van der Waals surface area contributed by atoms with Gasteiger partial charge in [0.1, 0.15) is 5.82 Å². The first-order chi connectivity index (χ1) is 8.88. The fraction of sp³-hybridized carbons (Fsp3) is 0.750. The summed E-state index contributed by atoms with van der Waals surface area (Å²) in [6.07, 6.45) is 5.55. The number of alkyl halides is 1. The molecule has 1 N–H and O–H groups in total. The van der Waals surface area contributed by atoms with Gasteiger partial charge in [-0.15, -0.1) is 11.6 Å². The van der Waals surface area contributed by atoms with Crippen LogP contribution in [0.5, 0.6) is 0 Å². The zero-order chi connectivity index (χ0) is 14.0. The molecular weight excluding hydrogens is 286 g/mol. The normalized spacial score (nSPS) is 24.6. The quantitative estimate of drug-likeness (QED) is 0.863. The Morgan fingerprint density at radius 3 is 2.84 bits per heavy atom. The van der Waals surface area contributed by atoms with E-state index < -0.39 is 10.0 Å². The lowest BCUT2D eigenvalue weighted by atomic mass is 9.89. The molecule has 2 rings (SSSR count). The van der Waals surface area contributed by atoms with Crippen molar-refractivity contribution in [2.45, 2.75) is 43.0 Å². The Hall–Kier alpha value is -0.590. The summed E-state index contributed by atoms with van der Waals surface area (Å²) < 4.78 is 28.5. The molecule has 0 spiro atoms. The summed E-state index contributed by atoms with van der Waals surface area (Å²) in [5, 5.41) is 0.270. The van der Waals surface area contributed by atoms with E-state index in [9.17, 15) is 8.42 Å². The van der Waals surface area contributed by atoms with Crippen LogP contribution in [0.1, 0.15) is 31.5 Å². The highest BCUT2D eigenvalue weighted by Crippen LogP contribution is 2.27. The van der Waals surface area contributed by atoms with Crippen molar-refractivity contribution in [2.75, 3.05) is 6.54 Å². The molecule has 2 unspecified atom stereocenters. The Kier molecular flexibility index (Phi) is 4.53. The van der Waals surface area contributed by atoms with Crippen LogP contribution in [0.4, 0.5) is 0 Å². The summed E-state index contributed by atoms with van der Waals surface area (Å²) in [6.45, 7) is 2.22. The standard InChI is InChI=1S/C12H20ClN3O2S/c1-9-15-12(8-16(9)2)19(17,18)14-7-10-4-3-5-11(13)6-10/h8,10-11,14H,3-7H2,1-2H3. The van der Waals surface area contributed by atoms with Gasteiger partial charge in [0.15, 0.2) is 5.03 Å². The van der Waals surface area contributed by atoms with Crippen LogP contribution >= 0.6 is 11.6 Å². The van der Waals surface area contributed by atoms with E-state index >= 15 is 0 Å². The fourth-order valence-electron chi connectivity index (χ4n) is 2.37. The van der Waals surface area contributed by atoms with Gasteiger partial charge in [0.05, 0.1) is 0 Å². The number of nitrogens with one attached hydrogen (secondary N) is 1. The minimum Gasteiger partial charge on any atom is -0.337 e. The van der Waals surface area contributed by atoms with Crippen molar-refractivity contribution < 1.29 is 8.42 Å². The first kappa shape index (κ1) is 14.8. The zero-order valence-electron chi connectivity index (χ0n) is 11.3. The summed E-state index contributed by atoms with van der Waals surface area (Å²) in [7, 11) is -1.73. The number of imidazole rings is 1. The maximum Gasteiger partial charge on any atom is 0.259 e. The summed E-state index contributed by atoms with van der Waals surface area (Å²) in [4.78, 5) is 4.05. The number of aromatic nitrogens is 2. The molecule has 0 bridgehead atoms. The second-order valence-corrected chi connectivity index (χ2v) is 7.55. The molecule has 1 heterocycles. The lowest BCUT2D eigenvalue weighted by Crippen LogP contribution is -2.32. The van der Waals surface area contributed by atoms with Gasteiger partial charge in [0, 0.05) is 25.2 Å². The molecule has 2 atom stereocenters. The maximum atomic E-state index is 12.1. The van der Waals surface area contributed by atoms with E-state index in [1.807, 2.05) is 0 Å². The molecule has 1 aliphatic carbocycles. The molecule has 0 saturated heterocycles. The number of hydrogen-bond donors (Lipinski definition) is 1. The molecule has 0 radical (unpaired) electrons. The Labute approximate surface area is 119 Å². The van der Waals surface area contributed by atoms with Crippen LogP contribution in [-0.4, -0.2) is 29.9 Å². The molecule has 1 saturated carbocycles. The topological polar surface area (TPSA) is 64.0 Å². The van der Waals surface area contributed by atoms with Crippen molar-refractivity contribution in [3.8, 4) is 0 Å². The smallest absolute Gasteiger partial charge is 0.259 e. The predicted octanol–water partition coefficient (Wildman–Crippen LogP) is 1.80. The van der Waals surface area contributed by atoms with Crippen LogP contribution < -0.4 is 4.72 Å². The molecule has 1 fully saturated rings. The second-order valence-electron chi connectivity index (χ2n) is 5.22. The fourth-order valence-corrected chi connectivity index (χ4v) is 3.93. The number of aryl methyl sites for hydroxylation is 2. The van der Waals surface area contributed by atoms with Crippen LogP contribution in [-0.2, 0) is 17.1 Å². The third-order valence-electron chi connectivity index (χ3n) is 3.64. The van der Waals surface area contributed by atoms with E-state index in [1.165, 1.54) is 6.20 Å². The van der Waals surface area contributed by atoms with Crippen LogP contribution in [0.2, 0.25) is 0 Å². The first-order valence-electron chi connectivity index (χ1n) is 6.52. The zero-order valence-corrected chi connectivity index (χ0v) is 12.8. The summed E-state index contributed by atoms with van der Waals surface area (Å²) in [6, 6.07) is 0. The van der Waals surface area contributed by atoms with Crippen molar-refractivity contribution in [3.05, 3.63) is 12.0 Å². The van der Waals surface area contributed by atoms with Crippen molar-refractivity contribution in [3.63, 3.8) is 0 Å². The van der Waals surface area contributed by atoms with E-state index in [2.05, 4.69) is 9.71 Å². The number of rotatable bonds is 4. The molecule has 1 aliphatic rings. The predicted molar refractivity (Wildman–Crippen MR) is 74.7 cm³/mol. The Morgan fingerprint density at radius 1 is 1.53 bits per heavy atom. The van der Waals surface area contributed by atoms with Crippen LogP contribution in [0.3, 0.4) is 0 Å². The highest BCUT2D eigenvalue weighted by Gasteiger charge is 2.24. The van der Waals surface area contributed by atoms with Crippen molar-refractivity contribution >= 4 is 21.6 Å². The minimum absolute atomic E-state index is 0.0886. The number of halogens is 1. The lowest BCUT2D eigenvalue weighted by Gasteiger charge is -2.25. The Morgan fingerprint density at radius 2 is 2.26 bits per heavy atom.